The van der Waals surface area contributed by atoms with Crippen molar-refractivity contribution in [3.8, 4) is 11.5 Å². The molecule has 0 radical (unpaired) electrons. The van der Waals surface area contributed by atoms with E-state index >= 15 is 0 Å². The van der Waals surface area contributed by atoms with Crippen LogP contribution in [0.25, 0.3) is 0 Å². The Morgan fingerprint density at radius 1 is 1.08 bits per heavy atom. The van der Waals surface area contributed by atoms with Gasteiger partial charge in [-0.05, 0) is 37.9 Å². The highest BCUT2D eigenvalue weighted by molar-refractivity contribution is 6.32. The van der Waals surface area contributed by atoms with E-state index in [1.807, 2.05) is 26.2 Å². The molecule has 0 bridgehead atoms. The van der Waals surface area contributed by atoms with Gasteiger partial charge in [0.2, 0.25) is 0 Å². The Bertz CT molecular complexity index is 715. The summed E-state index contributed by atoms with van der Waals surface area (Å²) in [5.41, 5.74) is 2.19. The Morgan fingerprint density at radius 2 is 1.71 bits per heavy atom. The number of anilines is 1. The first-order valence-corrected chi connectivity index (χ1v) is 7.79. The molecule has 0 atom stereocenters. The molecular weight excluding hydrogens is 328 g/mol. The van der Waals surface area contributed by atoms with Gasteiger partial charge in [0.1, 0.15) is 11.5 Å². The Balaban J connectivity index is 2.18. The first-order chi connectivity index (χ1) is 11.4. The van der Waals surface area contributed by atoms with Crippen molar-refractivity contribution in [1.82, 2.24) is 4.90 Å². The van der Waals surface area contributed by atoms with E-state index in [1.165, 1.54) is 14.2 Å². The van der Waals surface area contributed by atoms with Crippen LogP contribution in [0.15, 0.2) is 36.4 Å². The molecule has 0 saturated carbocycles. The number of ether oxygens (including phenoxy) is 2. The Morgan fingerprint density at radius 3 is 2.25 bits per heavy atom. The molecule has 0 saturated heterocycles. The number of carbonyl (C=O) groups is 1. The van der Waals surface area contributed by atoms with Crippen molar-refractivity contribution in [1.29, 1.82) is 0 Å². The maximum atomic E-state index is 12.4. The smallest absolute Gasteiger partial charge is 0.255 e. The summed E-state index contributed by atoms with van der Waals surface area (Å²) in [6, 6.07) is 10.7. The van der Waals surface area contributed by atoms with Gasteiger partial charge in [-0.15, -0.1) is 0 Å². The van der Waals surface area contributed by atoms with Gasteiger partial charge in [-0.2, -0.15) is 0 Å². The molecule has 2 aromatic carbocycles. The highest BCUT2D eigenvalue weighted by Gasteiger charge is 2.13. The van der Waals surface area contributed by atoms with Crippen molar-refractivity contribution in [2.45, 2.75) is 6.54 Å². The monoisotopic (exact) mass is 348 g/mol. The van der Waals surface area contributed by atoms with Crippen LogP contribution in [0.3, 0.4) is 0 Å². The van der Waals surface area contributed by atoms with Gasteiger partial charge in [0, 0.05) is 18.2 Å². The molecule has 5 nitrogen and oxygen atoms in total. The lowest BCUT2D eigenvalue weighted by atomic mass is 10.1. The van der Waals surface area contributed by atoms with Crippen LogP contribution in [0, 0.1) is 0 Å². The number of benzene rings is 2. The van der Waals surface area contributed by atoms with Crippen LogP contribution in [0.2, 0.25) is 5.02 Å². The number of nitrogens with one attached hydrogen (secondary N) is 1. The molecule has 2 rings (SSSR count). The third kappa shape index (κ3) is 4.40. The molecule has 6 heteroatoms. The second-order valence-electron chi connectivity index (χ2n) is 5.58. The Labute approximate surface area is 147 Å². The van der Waals surface area contributed by atoms with Crippen LogP contribution in [-0.4, -0.2) is 39.1 Å². The van der Waals surface area contributed by atoms with E-state index in [2.05, 4.69) is 10.2 Å². The molecule has 0 aliphatic rings. The van der Waals surface area contributed by atoms with Crippen molar-refractivity contribution in [2.75, 3.05) is 33.6 Å². The zero-order chi connectivity index (χ0) is 17.7. The minimum atomic E-state index is -0.231. The lowest BCUT2D eigenvalue weighted by Gasteiger charge is -2.13. The van der Waals surface area contributed by atoms with E-state index in [0.29, 0.717) is 27.8 Å². The Hall–Kier alpha value is -2.24. The minimum Gasteiger partial charge on any atom is -0.495 e. The van der Waals surface area contributed by atoms with E-state index in [4.69, 9.17) is 21.1 Å². The second kappa shape index (κ2) is 8.04. The largest absolute Gasteiger partial charge is 0.495 e. The maximum Gasteiger partial charge on any atom is 0.255 e. The first kappa shape index (κ1) is 18.1. The zero-order valence-electron chi connectivity index (χ0n) is 14.2. The third-order valence-corrected chi connectivity index (χ3v) is 3.73. The summed E-state index contributed by atoms with van der Waals surface area (Å²) in [6.45, 7) is 0.823. The molecule has 24 heavy (non-hydrogen) atoms. The lowest BCUT2D eigenvalue weighted by molar-refractivity contribution is 0.102. The summed E-state index contributed by atoms with van der Waals surface area (Å²) in [4.78, 5) is 14.5. The predicted octanol–water partition coefficient (Wildman–Crippen LogP) is 3.67. The molecule has 1 N–H and O–H groups in total. The van der Waals surface area contributed by atoms with Gasteiger partial charge in [-0.1, -0.05) is 23.7 Å². The fourth-order valence-corrected chi connectivity index (χ4v) is 2.52. The third-order valence-electron chi connectivity index (χ3n) is 3.44. The van der Waals surface area contributed by atoms with E-state index in [1.54, 1.807) is 24.3 Å². The zero-order valence-corrected chi connectivity index (χ0v) is 15.0. The van der Waals surface area contributed by atoms with Crippen molar-refractivity contribution in [3.63, 3.8) is 0 Å². The predicted molar refractivity (Wildman–Crippen MR) is 96.3 cm³/mol. The SMILES string of the molecule is COc1cc(OC)c(NC(=O)c2ccc(CN(C)C)cc2)cc1Cl. The number of carbonyl (C=O) groups excluding carboxylic acids is 1. The van der Waals surface area contributed by atoms with Crippen LogP contribution in [-0.2, 0) is 6.54 Å². The number of nitrogens with zero attached hydrogens (tertiary/aromatic N) is 1. The number of rotatable bonds is 6. The topological polar surface area (TPSA) is 50.8 Å². The van der Waals surface area contributed by atoms with Gasteiger partial charge < -0.3 is 19.7 Å². The molecule has 0 aliphatic heterocycles. The van der Waals surface area contributed by atoms with Crippen molar-refractivity contribution >= 4 is 23.2 Å². The Kier molecular flexibility index (Phi) is 6.06. The second-order valence-corrected chi connectivity index (χ2v) is 5.98. The van der Waals surface area contributed by atoms with E-state index < -0.39 is 0 Å². The summed E-state index contributed by atoms with van der Waals surface area (Å²) >= 11 is 6.12. The summed E-state index contributed by atoms with van der Waals surface area (Å²) in [7, 11) is 7.04. The van der Waals surface area contributed by atoms with Crippen molar-refractivity contribution in [2.24, 2.45) is 0 Å². The molecule has 0 unspecified atom stereocenters. The van der Waals surface area contributed by atoms with Gasteiger partial charge >= 0.3 is 0 Å². The molecule has 0 aromatic heterocycles. The van der Waals surface area contributed by atoms with Crippen LogP contribution >= 0.6 is 11.6 Å². The molecule has 0 fully saturated rings. The van der Waals surface area contributed by atoms with Gasteiger partial charge in [0.25, 0.3) is 5.91 Å². The number of amides is 1. The van der Waals surface area contributed by atoms with Crippen molar-refractivity contribution in [3.05, 3.63) is 52.5 Å². The molecule has 0 aliphatic carbocycles. The average molecular weight is 349 g/mol. The molecule has 2 aromatic rings. The minimum absolute atomic E-state index is 0.231. The van der Waals surface area contributed by atoms with Gasteiger partial charge in [0.05, 0.1) is 24.9 Å². The maximum absolute atomic E-state index is 12.4. The lowest BCUT2D eigenvalue weighted by Crippen LogP contribution is -2.14. The van der Waals surface area contributed by atoms with Crippen LogP contribution in [0.4, 0.5) is 5.69 Å². The van der Waals surface area contributed by atoms with Gasteiger partial charge in [-0.25, -0.2) is 0 Å². The van der Waals surface area contributed by atoms with Gasteiger partial charge in [0.15, 0.2) is 0 Å². The number of hydrogen-bond acceptors (Lipinski definition) is 4. The molecule has 0 heterocycles. The number of halogens is 1. The molecule has 1 amide bonds. The van der Waals surface area contributed by atoms with Crippen LogP contribution in [0.5, 0.6) is 11.5 Å². The highest BCUT2D eigenvalue weighted by Crippen LogP contribution is 2.36. The average Bonchev–Trinajstić information content (AvgIpc) is 2.55. The van der Waals surface area contributed by atoms with E-state index in [0.717, 1.165) is 12.1 Å². The van der Waals surface area contributed by atoms with Crippen LogP contribution in [0.1, 0.15) is 15.9 Å². The van der Waals surface area contributed by atoms with E-state index in [9.17, 15) is 4.79 Å². The number of hydrogen-bond donors (Lipinski definition) is 1. The van der Waals surface area contributed by atoms with Crippen LogP contribution < -0.4 is 14.8 Å². The quantitative estimate of drug-likeness (QED) is 0.865. The molecule has 128 valence electrons. The fraction of sp³-hybridized carbons (Fsp3) is 0.278. The summed E-state index contributed by atoms with van der Waals surface area (Å²) in [5, 5.41) is 3.21. The standard InChI is InChI=1S/C18H21ClN2O3/c1-21(2)11-12-5-7-13(8-6-12)18(22)20-15-9-14(19)16(23-3)10-17(15)24-4/h5-10H,11H2,1-4H3,(H,20,22). The van der Waals surface area contributed by atoms with Gasteiger partial charge in [-0.3, -0.25) is 4.79 Å². The normalized spacial score (nSPS) is 10.6. The molecular formula is C18H21ClN2O3. The van der Waals surface area contributed by atoms with E-state index in [-0.39, 0.29) is 5.91 Å². The summed E-state index contributed by atoms with van der Waals surface area (Å²) in [6.07, 6.45) is 0. The van der Waals surface area contributed by atoms with Crippen molar-refractivity contribution < 1.29 is 14.3 Å². The fourth-order valence-electron chi connectivity index (χ4n) is 2.28. The summed E-state index contributed by atoms with van der Waals surface area (Å²) < 4.78 is 10.4. The molecule has 0 spiro atoms. The number of methoxy groups -OCH3 is 2. The summed E-state index contributed by atoms with van der Waals surface area (Å²) in [5.74, 6) is 0.735. The highest BCUT2D eigenvalue weighted by atomic mass is 35.5. The first-order valence-electron chi connectivity index (χ1n) is 7.41.